The number of rotatable bonds is 5. The van der Waals surface area contributed by atoms with E-state index in [2.05, 4.69) is 4.72 Å². The van der Waals surface area contributed by atoms with Gasteiger partial charge in [0.05, 0.1) is 29.3 Å². The van der Waals surface area contributed by atoms with E-state index in [0.29, 0.717) is 22.0 Å². The Hall–Kier alpha value is -1.76. The fourth-order valence-electron chi connectivity index (χ4n) is 1.72. The van der Waals surface area contributed by atoms with E-state index in [9.17, 15) is 8.42 Å². The molecule has 0 aromatic heterocycles. The molecule has 0 atom stereocenters. The minimum absolute atomic E-state index is 0.103. The normalized spacial score (nSPS) is 11.2. The number of methoxy groups -OCH3 is 1. The molecule has 0 aliphatic rings. The first-order valence-electron chi connectivity index (χ1n) is 6.02. The molecule has 2 N–H and O–H groups in total. The van der Waals surface area contributed by atoms with Crippen LogP contribution in [-0.2, 0) is 16.6 Å². The van der Waals surface area contributed by atoms with Crippen LogP contribution in [-0.4, -0.2) is 20.6 Å². The first-order valence-corrected chi connectivity index (χ1v) is 7.88. The molecular formula is C14H14ClNO4S. The van der Waals surface area contributed by atoms with Crippen molar-refractivity contribution < 1.29 is 18.3 Å². The largest absolute Gasteiger partial charge is 0.495 e. The first-order chi connectivity index (χ1) is 9.96. The summed E-state index contributed by atoms with van der Waals surface area (Å²) in [4.78, 5) is 0.103. The van der Waals surface area contributed by atoms with Gasteiger partial charge in [-0.3, -0.25) is 4.72 Å². The second-order valence-corrected chi connectivity index (χ2v) is 6.35. The number of benzene rings is 2. The van der Waals surface area contributed by atoms with Crippen LogP contribution in [0.15, 0.2) is 47.4 Å². The molecule has 0 radical (unpaired) electrons. The molecule has 0 saturated carbocycles. The number of hydrogen-bond donors (Lipinski definition) is 2. The van der Waals surface area contributed by atoms with Gasteiger partial charge in [-0.25, -0.2) is 8.42 Å². The maximum Gasteiger partial charge on any atom is 0.261 e. The summed E-state index contributed by atoms with van der Waals surface area (Å²) < 4.78 is 31.9. The molecule has 2 rings (SSSR count). The van der Waals surface area contributed by atoms with Gasteiger partial charge in [-0.05, 0) is 35.9 Å². The number of aliphatic hydroxyl groups excluding tert-OH is 1. The minimum Gasteiger partial charge on any atom is -0.495 e. The second-order valence-electron chi connectivity index (χ2n) is 4.26. The highest BCUT2D eigenvalue weighted by molar-refractivity contribution is 7.92. The van der Waals surface area contributed by atoms with Gasteiger partial charge in [-0.2, -0.15) is 0 Å². The molecule has 0 aliphatic carbocycles. The van der Waals surface area contributed by atoms with Crippen LogP contribution in [0.1, 0.15) is 5.56 Å². The molecular weight excluding hydrogens is 314 g/mol. The highest BCUT2D eigenvalue weighted by Gasteiger charge is 2.14. The predicted octanol–water partition coefficient (Wildman–Crippen LogP) is 2.64. The summed E-state index contributed by atoms with van der Waals surface area (Å²) in [6.45, 7) is -0.137. The van der Waals surface area contributed by atoms with E-state index in [1.807, 2.05) is 0 Å². The van der Waals surface area contributed by atoms with Crippen molar-refractivity contribution in [1.29, 1.82) is 0 Å². The number of ether oxygens (including phenoxy) is 1. The molecule has 0 heterocycles. The second kappa shape index (κ2) is 6.34. The summed E-state index contributed by atoms with van der Waals surface area (Å²) in [5.41, 5.74) is 0.980. The van der Waals surface area contributed by atoms with Gasteiger partial charge in [-0.1, -0.05) is 23.7 Å². The Morgan fingerprint density at radius 2 is 1.86 bits per heavy atom. The van der Waals surface area contributed by atoms with Gasteiger partial charge in [-0.15, -0.1) is 0 Å². The van der Waals surface area contributed by atoms with Crippen LogP contribution >= 0.6 is 11.6 Å². The topological polar surface area (TPSA) is 75.6 Å². The lowest BCUT2D eigenvalue weighted by Gasteiger charge is -2.10. The molecule has 0 unspecified atom stereocenters. The van der Waals surface area contributed by atoms with Crippen LogP contribution in [0.2, 0.25) is 5.02 Å². The molecule has 2 aromatic rings. The van der Waals surface area contributed by atoms with Gasteiger partial charge < -0.3 is 9.84 Å². The molecule has 7 heteroatoms. The number of nitrogens with one attached hydrogen (secondary N) is 1. The number of hydrogen-bond acceptors (Lipinski definition) is 4. The lowest BCUT2D eigenvalue weighted by atomic mass is 10.2. The highest BCUT2D eigenvalue weighted by atomic mass is 35.5. The Labute approximate surface area is 128 Å². The van der Waals surface area contributed by atoms with Crippen LogP contribution in [0, 0.1) is 0 Å². The zero-order chi connectivity index (χ0) is 15.5. The SMILES string of the molecule is COc1ccc(NS(=O)(=O)c2ccc(CO)cc2)cc1Cl. The van der Waals surface area contributed by atoms with Crippen molar-refractivity contribution in [2.45, 2.75) is 11.5 Å². The van der Waals surface area contributed by atoms with Gasteiger partial charge in [0.2, 0.25) is 0 Å². The van der Waals surface area contributed by atoms with E-state index in [1.54, 1.807) is 24.3 Å². The Kier molecular flexibility index (Phi) is 4.72. The summed E-state index contributed by atoms with van der Waals surface area (Å²) in [5, 5.41) is 9.27. The monoisotopic (exact) mass is 327 g/mol. The molecule has 0 saturated heterocycles. The van der Waals surface area contributed by atoms with Crippen LogP contribution < -0.4 is 9.46 Å². The van der Waals surface area contributed by atoms with Crippen LogP contribution in [0.5, 0.6) is 5.75 Å². The fourth-order valence-corrected chi connectivity index (χ4v) is 3.03. The lowest BCUT2D eigenvalue weighted by Crippen LogP contribution is -2.13. The van der Waals surface area contributed by atoms with Gasteiger partial charge in [0.25, 0.3) is 10.0 Å². The maximum atomic E-state index is 12.2. The zero-order valence-electron chi connectivity index (χ0n) is 11.2. The average Bonchev–Trinajstić information content (AvgIpc) is 2.47. The van der Waals surface area contributed by atoms with Gasteiger partial charge in [0.1, 0.15) is 5.75 Å². The van der Waals surface area contributed by atoms with Crippen molar-refractivity contribution in [1.82, 2.24) is 0 Å². The Morgan fingerprint density at radius 1 is 1.19 bits per heavy atom. The first kappa shape index (κ1) is 15.6. The summed E-state index contributed by atoms with van der Waals surface area (Å²) in [6.07, 6.45) is 0. The Bertz CT molecular complexity index is 729. The summed E-state index contributed by atoms with van der Waals surface area (Å²) >= 11 is 5.96. The van der Waals surface area contributed by atoms with Crippen molar-refractivity contribution >= 4 is 27.3 Å². The van der Waals surface area contributed by atoms with E-state index < -0.39 is 10.0 Å². The smallest absolute Gasteiger partial charge is 0.261 e. The predicted molar refractivity (Wildman–Crippen MR) is 81.2 cm³/mol. The Morgan fingerprint density at radius 3 is 2.38 bits per heavy atom. The van der Waals surface area contributed by atoms with Crippen molar-refractivity contribution in [3.05, 3.63) is 53.1 Å². The molecule has 0 amide bonds. The van der Waals surface area contributed by atoms with E-state index in [4.69, 9.17) is 21.4 Å². The van der Waals surface area contributed by atoms with Crippen LogP contribution in [0.4, 0.5) is 5.69 Å². The van der Waals surface area contributed by atoms with Crippen molar-refractivity contribution in [3.8, 4) is 5.75 Å². The van der Waals surface area contributed by atoms with E-state index in [0.717, 1.165) is 0 Å². The summed E-state index contributed by atoms with van der Waals surface area (Å²) in [7, 11) is -2.23. The van der Waals surface area contributed by atoms with Crippen molar-refractivity contribution in [3.63, 3.8) is 0 Å². The molecule has 0 spiro atoms. The third kappa shape index (κ3) is 3.66. The van der Waals surface area contributed by atoms with Crippen molar-refractivity contribution in [2.75, 3.05) is 11.8 Å². The molecule has 5 nitrogen and oxygen atoms in total. The zero-order valence-corrected chi connectivity index (χ0v) is 12.8. The number of aliphatic hydroxyl groups is 1. The molecule has 0 bridgehead atoms. The van der Waals surface area contributed by atoms with E-state index in [-0.39, 0.29) is 11.5 Å². The Balaban J connectivity index is 2.26. The summed E-state index contributed by atoms with van der Waals surface area (Å²) in [6, 6.07) is 10.6. The third-order valence-electron chi connectivity index (χ3n) is 2.82. The third-order valence-corrected chi connectivity index (χ3v) is 4.51. The van der Waals surface area contributed by atoms with Gasteiger partial charge in [0, 0.05) is 0 Å². The van der Waals surface area contributed by atoms with Crippen molar-refractivity contribution in [2.24, 2.45) is 0 Å². The van der Waals surface area contributed by atoms with Crippen LogP contribution in [0.25, 0.3) is 0 Å². The van der Waals surface area contributed by atoms with Crippen LogP contribution in [0.3, 0.4) is 0 Å². The quantitative estimate of drug-likeness (QED) is 0.885. The van der Waals surface area contributed by atoms with E-state index in [1.165, 1.54) is 25.3 Å². The fraction of sp³-hybridized carbons (Fsp3) is 0.143. The molecule has 112 valence electrons. The van der Waals surface area contributed by atoms with Gasteiger partial charge >= 0.3 is 0 Å². The standard InChI is InChI=1S/C14H14ClNO4S/c1-20-14-7-4-11(8-13(14)15)16-21(18,19)12-5-2-10(9-17)3-6-12/h2-8,16-17H,9H2,1H3. The highest BCUT2D eigenvalue weighted by Crippen LogP contribution is 2.28. The lowest BCUT2D eigenvalue weighted by molar-refractivity contribution is 0.282. The average molecular weight is 328 g/mol. The molecule has 21 heavy (non-hydrogen) atoms. The molecule has 2 aromatic carbocycles. The maximum absolute atomic E-state index is 12.2. The number of anilines is 1. The van der Waals surface area contributed by atoms with Gasteiger partial charge in [0.15, 0.2) is 0 Å². The number of sulfonamides is 1. The number of halogens is 1. The van der Waals surface area contributed by atoms with E-state index >= 15 is 0 Å². The molecule has 0 fully saturated rings. The molecule has 0 aliphatic heterocycles. The minimum atomic E-state index is -3.71. The summed E-state index contributed by atoms with van der Waals surface area (Å²) in [5.74, 6) is 0.465.